The fourth-order valence-electron chi connectivity index (χ4n) is 5.98. The van der Waals surface area contributed by atoms with E-state index >= 15 is 4.39 Å². The number of benzene rings is 3. The van der Waals surface area contributed by atoms with Gasteiger partial charge >= 0.3 is 0 Å². The Hall–Kier alpha value is -3.18. The fourth-order valence-corrected chi connectivity index (χ4v) is 8.35. The molecule has 0 radical (unpaired) electrons. The van der Waals surface area contributed by atoms with Gasteiger partial charge in [0, 0.05) is 24.5 Å². The summed E-state index contributed by atoms with van der Waals surface area (Å²) in [6.07, 6.45) is 3.29. The van der Waals surface area contributed by atoms with Gasteiger partial charge < -0.3 is 10.1 Å². The lowest BCUT2D eigenvalue weighted by Gasteiger charge is -2.25. The topological polar surface area (TPSA) is 74.8 Å². The maximum Gasteiger partial charge on any atom is 0.268 e. The minimum Gasteiger partial charge on any atom is -0.497 e. The largest absolute Gasteiger partial charge is 0.497 e. The summed E-state index contributed by atoms with van der Waals surface area (Å²) in [7, 11) is -2.77. The average molecular weight is 627 g/mol. The molecular formula is C31H32ClFN4O3S2. The third-order valence-electron chi connectivity index (χ3n) is 8.22. The van der Waals surface area contributed by atoms with E-state index in [2.05, 4.69) is 39.5 Å². The van der Waals surface area contributed by atoms with Crippen molar-refractivity contribution in [1.82, 2.24) is 9.88 Å². The minimum absolute atomic E-state index is 0.0310. The molecule has 2 atom stereocenters. The van der Waals surface area contributed by atoms with E-state index in [1.54, 1.807) is 42.8 Å². The highest BCUT2D eigenvalue weighted by atomic mass is 35.5. The van der Waals surface area contributed by atoms with E-state index in [0.29, 0.717) is 35.5 Å². The predicted octanol–water partition coefficient (Wildman–Crippen LogP) is 6.76. The van der Waals surface area contributed by atoms with E-state index in [9.17, 15) is 8.42 Å². The number of ether oxygens (including phenoxy) is 1. The second-order valence-corrected chi connectivity index (χ2v) is 13.7. The molecule has 42 heavy (non-hydrogen) atoms. The summed E-state index contributed by atoms with van der Waals surface area (Å²) in [4.78, 5) is 6.25. The SMILES string of the molecule is COc1ccc(CN(c2cscn2)S(=O)(=O)c2ccc(NC[C@@H]3CCN([C@H]4CCc5ccccc54)C3)c(Cl)c2F)cc1. The van der Waals surface area contributed by atoms with E-state index < -0.39 is 20.7 Å². The van der Waals surface area contributed by atoms with Crippen LogP contribution >= 0.6 is 22.9 Å². The van der Waals surface area contributed by atoms with E-state index in [0.717, 1.165) is 36.7 Å². The maximum absolute atomic E-state index is 15.7. The van der Waals surface area contributed by atoms with Gasteiger partial charge in [-0.05, 0) is 72.7 Å². The molecule has 1 aliphatic carbocycles. The number of sulfonamides is 1. The number of aryl methyl sites for hydroxylation is 1. The van der Waals surface area contributed by atoms with Crippen LogP contribution in [-0.4, -0.2) is 45.0 Å². The number of hydrogen-bond donors (Lipinski definition) is 1. The molecule has 2 aliphatic rings. The number of hydrogen-bond acceptors (Lipinski definition) is 7. The Kier molecular flexibility index (Phi) is 8.40. The van der Waals surface area contributed by atoms with Crippen molar-refractivity contribution in [2.45, 2.75) is 36.7 Å². The standard InChI is InChI=1S/C31H32ClFN4O3S2/c1-40-24-9-6-21(7-10-24)18-37(29-19-41-20-35-29)42(38,39)28-13-11-26(30(32)31(28)33)34-16-22-14-15-36(17-22)27-12-8-23-4-2-3-5-25(23)27/h2-7,9-11,13,19-20,22,27,34H,8,12,14-18H2,1H3/t22-,27-/m0/s1. The Morgan fingerprint density at radius 2 is 1.95 bits per heavy atom. The zero-order chi connectivity index (χ0) is 29.3. The number of aromatic nitrogens is 1. The lowest BCUT2D eigenvalue weighted by atomic mass is 10.1. The molecule has 6 rings (SSSR count). The van der Waals surface area contributed by atoms with E-state index in [1.165, 1.54) is 34.0 Å². The molecule has 11 heteroatoms. The van der Waals surface area contributed by atoms with Crippen LogP contribution in [0.2, 0.25) is 5.02 Å². The quantitative estimate of drug-likeness (QED) is 0.210. The van der Waals surface area contributed by atoms with Crippen LogP contribution in [0.3, 0.4) is 0 Å². The molecule has 0 saturated carbocycles. The smallest absolute Gasteiger partial charge is 0.268 e. The second-order valence-electron chi connectivity index (χ2n) is 10.7. The van der Waals surface area contributed by atoms with Gasteiger partial charge in [0.05, 0.1) is 24.9 Å². The van der Waals surface area contributed by atoms with Crippen molar-refractivity contribution in [2.75, 3.05) is 36.4 Å². The van der Waals surface area contributed by atoms with E-state index in [-0.39, 0.29) is 17.4 Å². The number of fused-ring (bicyclic) bond motifs is 1. The second kappa shape index (κ2) is 12.2. The predicted molar refractivity (Wildman–Crippen MR) is 166 cm³/mol. The Morgan fingerprint density at radius 1 is 1.14 bits per heavy atom. The molecule has 0 amide bonds. The molecule has 3 aromatic carbocycles. The number of methoxy groups -OCH3 is 1. The van der Waals surface area contributed by atoms with Crippen LogP contribution in [0.1, 0.15) is 35.6 Å². The maximum atomic E-state index is 15.7. The van der Waals surface area contributed by atoms with Gasteiger partial charge in [-0.3, -0.25) is 4.90 Å². The van der Waals surface area contributed by atoms with Crippen LogP contribution in [0.25, 0.3) is 0 Å². The van der Waals surface area contributed by atoms with Crippen molar-refractivity contribution in [1.29, 1.82) is 0 Å². The summed E-state index contributed by atoms with van der Waals surface area (Å²) in [5.41, 5.74) is 5.50. The van der Waals surface area contributed by atoms with Crippen molar-refractivity contribution in [3.05, 3.63) is 99.1 Å². The monoisotopic (exact) mass is 626 g/mol. The van der Waals surface area contributed by atoms with Gasteiger partial charge in [-0.1, -0.05) is 48.0 Å². The molecule has 1 aliphatic heterocycles. The van der Waals surface area contributed by atoms with E-state index in [4.69, 9.17) is 16.3 Å². The number of nitrogens with one attached hydrogen (secondary N) is 1. The van der Waals surface area contributed by atoms with Gasteiger partial charge in [0.15, 0.2) is 11.6 Å². The highest BCUT2D eigenvalue weighted by Crippen LogP contribution is 2.39. The summed E-state index contributed by atoms with van der Waals surface area (Å²) < 4.78 is 49.6. The number of rotatable bonds is 10. The van der Waals surface area contributed by atoms with Crippen LogP contribution in [0, 0.1) is 11.7 Å². The summed E-state index contributed by atoms with van der Waals surface area (Å²) in [5.74, 6) is 0.262. The van der Waals surface area contributed by atoms with Crippen molar-refractivity contribution in [2.24, 2.45) is 5.92 Å². The van der Waals surface area contributed by atoms with Crippen LogP contribution in [0.5, 0.6) is 5.75 Å². The highest BCUT2D eigenvalue weighted by Gasteiger charge is 2.34. The highest BCUT2D eigenvalue weighted by molar-refractivity contribution is 7.92. The van der Waals surface area contributed by atoms with Gasteiger partial charge in [-0.2, -0.15) is 0 Å². The van der Waals surface area contributed by atoms with Gasteiger partial charge in [0.25, 0.3) is 10.0 Å². The molecule has 1 N–H and O–H groups in total. The Balaban J connectivity index is 1.16. The molecule has 0 unspecified atom stereocenters. The number of anilines is 2. The Bertz CT molecular complexity index is 1650. The minimum atomic E-state index is -4.33. The fraction of sp³-hybridized carbons (Fsp3) is 0.323. The Labute approximate surface area is 255 Å². The molecule has 7 nitrogen and oxygen atoms in total. The van der Waals surface area contributed by atoms with Crippen LogP contribution < -0.4 is 14.4 Å². The number of thiazole rings is 1. The van der Waals surface area contributed by atoms with Crippen molar-refractivity contribution >= 4 is 44.5 Å². The van der Waals surface area contributed by atoms with E-state index in [1.807, 2.05) is 0 Å². The van der Waals surface area contributed by atoms with Gasteiger partial charge in [-0.15, -0.1) is 11.3 Å². The molecule has 4 aromatic rings. The number of halogens is 2. The first kappa shape index (κ1) is 28.9. The first-order valence-electron chi connectivity index (χ1n) is 13.9. The number of likely N-dealkylation sites (tertiary alicyclic amines) is 1. The summed E-state index contributed by atoms with van der Waals surface area (Å²) in [6.45, 7) is 2.56. The van der Waals surface area contributed by atoms with Gasteiger partial charge in [0.1, 0.15) is 15.7 Å². The normalized spacial score (nSPS) is 18.6. The van der Waals surface area contributed by atoms with Gasteiger partial charge in [0.2, 0.25) is 0 Å². The zero-order valence-corrected chi connectivity index (χ0v) is 25.6. The summed E-state index contributed by atoms with van der Waals surface area (Å²) >= 11 is 7.70. The van der Waals surface area contributed by atoms with Crippen molar-refractivity contribution in [3.8, 4) is 5.75 Å². The van der Waals surface area contributed by atoms with Crippen molar-refractivity contribution < 1.29 is 17.5 Å². The molecule has 0 spiro atoms. The average Bonchev–Trinajstić information content (AvgIpc) is 3.78. The molecule has 2 heterocycles. The molecule has 220 valence electrons. The molecular weight excluding hydrogens is 595 g/mol. The lowest BCUT2D eigenvalue weighted by Crippen LogP contribution is -2.31. The number of nitrogens with zero attached hydrogens (tertiary/aromatic N) is 3. The molecule has 1 fully saturated rings. The van der Waals surface area contributed by atoms with Gasteiger partial charge in [-0.25, -0.2) is 22.1 Å². The summed E-state index contributed by atoms with van der Waals surface area (Å²) in [5, 5.41) is 4.66. The molecule has 1 saturated heterocycles. The first-order chi connectivity index (χ1) is 20.3. The van der Waals surface area contributed by atoms with Crippen molar-refractivity contribution in [3.63, 3.8) is 0 Å². The Morgan fingerprint density at radius 3 is 2.71 bits per heavy atom. The molecule has 1 aromatic heterocycles. The molecule has 0 bridgehead atoms. The third-order valence-corrected chi connectivity index (χ3v) is 10.9. The summed E-state index contributed by atoms with van der Waals surface area (Å²) in [6, 6.07) is 19.0. The van der Waals surface area contributed by atoms with Crippen LogP contribution in [0.15, 0.2) is 76.4 Å². The lowest BCUT2D eigenvalue weighted by molar-refractivity contribution is 0.237. The van der Waals surface area contributed by atoms with Crippen LogP contribution in [-0.2, 0) is 23.0 Å². The van der Waals surface area contributed by atoms with Crippen LogP contribution in [0.4, 0.5) is 15.9 Å². The first-order valence-corrected chi connectivity index (χ1v) is 16.7. The zero-order valence-electron chi connectivity index (χ0n) is 23.2. The third kappa shape index (κ3) is 5.73.